The van der Waals surface area contributed by atoms with Crippen LogP contribution in [-0.4, -0.2) is 94.4 Å². The third kappa shape index (κ3) is 9.19. The quantitative estimate of drug-likeness (QED) is 0.121. The predicted molar refractivity (Wildman–Crippen MR) is 196 cm³/mol. The summed E-state index contributed by atoms with van der Waals surface area (Å²) in [5.74, 6) is -4.04. The van der Waals surface area contributed by atoms with E-state index in [0.29, 0.717) is 25.7 Å². The second kappa shape index (κ2) is 17.0. The molecule has 2 aliphatic heterocycles. The second-order valence-electron chi connectivity index (χ2n) is 16.3. The lowest BCUT2D eigenvalue weighted by Gasteiger charge is -2.41. The molecule has 2 aliphatic carbocycles. The summed E-state index contributed by atoms with van der Waals surface area (Å²) in [5.41, 5.74) is -1.64. The first kappa shape index (κ1) is 40.5. The van der Waals surface area contributed by atoms with Gasteiger partial charge in [-0.1, -0.05) is 97.6 Å². The number of ketones is 1. The average molecular weight is 723 g/mol. The average Bonchev–Trinajstić information content (AvgIpc) is 3.65. The lowest BCUT2D eigenvalue weighted by molar-refractivity contribution is -0.143. The Morgan fingerprint density at radius 1 is 0.981 bits per heavy atom. The topological polar surface area (TPSA) is 174 Å². The molecule has 0 spiro atoms. The minimum Gasteiger partial charge on any atom is -0.346 e. The van der Waals surface area contributed by atoms with Crippen LogP contribution in [0.3, 0.4) is 0 Å². The highest BCUT2D eigenvalue weighted by Gasteiger charge is 2.50. The van der Waals surface area contributed by atoms with Gasteiger partial charge in [0.15, 0.2) is 0 Å². The van der Waals surface area contributed by atoms with E-state index in [-0.39, 0.29) is 49.7 Å². The van der Waals surface area contributed by atoms with E-state index in [1.807, 2.05) is 41.5 Å². The zero-order chi connectivity index (χ0) is 38.4. The Morgan fingerprint density at radius 3 is 2.13 bits per heavy atom. The first-order valence-electron chi connectivity index (χ1n) is 18.9. The highest BCUT2D eigenvalue weighted by molar-refractivity contribution is 6.38. The van der Waals surface area contributed by atoms with Crippen molar-refractivity contribution in [2.75, 3.05) is 19.6 Å². The number of rotatable bonds is 14. The van der Waals surface area contributed by atoms with Gasteiger partial charge in [0.1, 0.15) is 12.1 Å². The Hall–Kier alpha value is -4.29. The minimum absolute atomic E-state index is 0.0141. The van der Waals surface area contributed by atoms with Crippen molar-refractivity contribution in [1.82, 2.24) is 31.1 Å². The van der Waals surface area contributed by atoms with E-state index < -0.39 is 70.5 Å². The molecule has 7 amide bonds. The highest BCUT2D eigenvalue weighted by Crippen LogP contribution is 2.36. The first-order valence-corrected chi connectivity index (χ1v) is 18.9. The zero-order valence-corrected chi connectivity index (χ0v) is 31.7. The van der Waals surface area contributed by atoms with Gasteiger partial charge >= 0.3 is 6.03 Å². The van der Waals surface area contributed by atoms with Gasteiger partial charge in [-0.15, -0.1) is 6.58 Å². The standard InChI is InChI=1S/C39H58N6O7/c1-8-15-28(30(46)33(48)40-20-9-2)41-32(47)29-21-25(24(3)4)22-44(29)36(51)31(38(5,6)7)42-37(52)43-39(18-13-10-14-19-39)23-45-34(49)26-16-11-12-17-27(26)35(45)50/h9,11-12,16-17,24-29,31H,2,8,10,13-15,18-23H2,1,3-7H3,(H,40,48)(H,41,47)(H2,42,43,52)/t25-,26+,27?,28?,29+,31-/m1/s1. The third-order valence-electron chi connectivity index (χ3n) is 11.0. The summed E-state index contributed by atoms with van der Waals surface area (Å²) in [5, 5.41) is 11.3. The molecule has 2 saturated heterocycles. The third-order valence-corrected chi connectivity index (χ3v) is 11.0. The van der Waals surface area contributed by atoms with Crippen molar-refractivity contribution in [2.24, 2.45) is 29.1 Å². The number of amides is 7. The Kier molecular flexibility index (Phi) is 13.3. The molecule has 0 bridgehead atoms. The van der Waals surface area contributed by atoms with Gasteiger partial charge in [0.05, 0.1) is 30.0 Å². The Morgan fingerprint density at radius 2 is 1.60 bits per heavy atom. The normalized spacial score (nSPS) is 25.0. The molecule has 2 unspecified atom stereocenters. The molecule has 1 saturated carbocycles. The van der Waals surface area contributed by atoms with E-state index in [2.05, 4.69) is 27.8 Å². The summed E-state index contributed by atoms with van der Waals surface area (Å²) in [6.45, 7) is 15.4. The maximum absolute atomic E-state index is 14.5. The van der Waals surface area contributed by atoms with Crippen molar-refractivity contribution in [3.8, 4) is 0 Å². The number of nitrogens with zero attached hydrogens (tertiary/aromatic N) is 2. The van der Waals surface area contributed by atoms with Gasteiger partial charge in [-0.05, 0) is 42.9 Å². The van der Waals surface area contributed by atoms with Crippen LogP contribution >= 0.6 is 0 Å². The van der Waals surface area contributed by atoms with Gasteiger partial charge in [0.2, 0.25) is 29.4 Å². The van der Waals surface area contributed by atoms with Crippen molar-refractivity contribution in [2.45, 2.75) is 117 Å². The first-order chi connectivity index (χ1) is 24.5. The number of Topliss-reactive ketones (excluding diaryl/α,β-unsaturated/α-hetero) is 1. The van der Waals surface area contributed by atoms with Crippen LogP contribution in [0.25, 0.3) is 0 Å². The number of hydrogen-bond acceptors (Lipinski definition) is 7. The fourth-order valence-corrected chi connectivity index (χ4v) is 7.86. The Labute approximate surface area is 307 Å². The molecular weight excluding hydrogens is 664 g/mol. The van der Waals surface area contributed by atoms with Crippen LogP contribution in [0, 0.1) is 29.1 Å². The molecule has 13 nitrogen and oxygen atoms in total. The van der Waals surface area contributed by atoms with E-state index >= 15 is 0 Å². The van der Waals surface area contributed by atoms with Crippen molar-refractivity contribution >= 4 is 41.4 Å². The molecule has 0 aromatic rings. The number of likely N-dealkylation sites (tertiary alicyclic amines) is 2. The van der Waals surface area contributed by atoms with Crippen molar-refractivity contribution in [3.63, 3.8) is 0 Å². The fraction of sp³-hybridized carbons (Fsp3) is 0.667. The molecule has 4 aliphatic rings. The number of imide groups is 1. The van der Waals surface area contributed by atoms with Crippen LogP contribution < -0.4 is 21.3 Å². The second-order valence-corrected chi connectivity index (χ2v) is 16.3. The molecule has 0 aromatic heterocycles. The zero-order valence-electron chi connectivity index (χ0n) is 31.7. The van der Waals surface area contributed by atoms with Gasteiger partial charge in [-0.3, -0.25) is 33.7 Å². The molecular formula is C39H58N6O7. The summed E-state index contributed by atoms with van der Waals surface area (Å²) in [7, 11) is 0. The lowest BCUT2D eigenvalue weighted by atomic mass is 9.81. The van der Waals surface area contributed by atoms with E-state index in [1.54, 1.807) is 24.3 Å². The van der Waals surface area contributed by atoms with Crippen LogP contribution in [0.2, 0.25) is 0 Å². The number of urea groups is 1. The summed E-state index contributed by atoms with van der Waals surface area (Å²) in [6.07, 6.45) is 13.4. The van der Waals surface area contributed by atoms with Crippen LogP contribution in [0.4, 0.5) is 4.79 Å². The molecule has 0 aromatic carbocycles. The monoisotopic (exact) mass is 722 g/mol. The Bertz CT molecular complexity index is 1440. The molecule has 0 radical (unpaired) electrons. The molecule has 52 heavy (non-hydrogen) atoms. The molecule has 3 fully saturated rings. The van der Waals surface area contributed by atoms with Crippen molar-refractivity contribution in [3.05, 3.63) is 37.0 Å². The largest absolute Gasteiger partial charge is 0.346 e. The van der Waals surface area contributed by atoms with Gasteiger partial charge in [0.25, 0.3) is 5.91 Å². The lowest BCUT2D eigenvalue weighted by Crippen LogP contribution is -2.64. The number of carbonyl (C=O) groups excluding carboxylic acids is 7. The number of carbonyl (C=O) groups is 7. The van der Waals surface area contributed by atoms with Gasteiger partial charge < -0.3 is 26.2 Å². The summed E-state index contributed by atoms with van der Waals surface area (Å²) in [6, 6.07) is -3.61. The number of hydrogen-bond donors (Lipinski definition) is 4. The summed E-state index contributed by atoms with van der Waals surface area (Å²) < 4.78 is 0. The van der Waals surface area contributed by atoms with Gasteiger partial charge in [-0.2, -0.15) is 0 Å². The van der Waals surface area contributed by atoms with Crippen molar-refractivity contribution in [1.29, 1.82) is 0 Å². The maximum Gasteiger partial charge on any atom is 0.315 e. The maximum atomic E-state index is 14.5. The summed E-state index contributed by atoms with van der Waals surface area (Å²) in [4.78, 5) is 97.3. The molecule has 4 rings (SSSR count). The molecule has 286 valence electrons. The van der Waals surface area contributed by atoms with Gasteiger partial charge in [0, 0.05) is 13.1 Å². The number of fused-ring (bicyclic) bond motifs is 1. The summed E-state index contributed by atoms with van der Waals surface area (Å²) >= 11 is 0. The fourth-order valence-electron chi connectivity index (χ4n) is 7.86. The molecule has 4 N–H and O–H groups in total. The molecule has 13 heteroatoms. The minimum atomic E-state index is -1.06. The van der Waals surface area contributed by atoms with E-state index in [0.717, 1.165) is 19.3 Å². The molecule has 6 atom stereocenters. The van der Waals surface area contributed by atoms with E-state index in [4.69, 9.17) is 0 Å². The van der Waals surface area contributed by atoms with Crippen molar-refractivity contribution < 1.29 is 33.6 Å². The molecule has 2 heterocycles. The van der Waals surface area contributed by atoms with Crippen LogP contribution in [0.15, 0.2) is 37.0 Å². The smallest absolute Gasteiger partial charge is 0.315 e. The van der Waals surface area contributed by atoms with E-state index in [1.165, 1.54) is 15.9 Å². The SMILES string of the molecule is C=CCNC(=O)C(=O)C(CCC)NC(=O)[C@@H]1C[C@@H](C(C)C)CN1C(=O)[C@@H](NC(=O)NC1(CN2C(=O)C3C=CC=C[C@@H]3C2=O)CCCCC1)C(C)(C)C. The van der Waals surface area contributed by atoms with Gasteiger partial charge in [-0.25, -0.2) is 4.79 Å². The van der Waals surface area contributed by atoms with Crippen LogP contribution in [0.1, 0.15) is 92.9 Å². The predicted octanol–water partition coefficient (Wildman–Crippen LogP) is 3.16. The van der Waals surface area contributed by atoms with Crippen LogP contribution in [-0.2, 0) is 28.8 Å². The Balaban J connectivity index is 1.53. The number of nitrogens with one attached hydrogen (secondary N) is 4. The van der Waals surface area contributed by atoms with Crippen LogP contribution in [0.5, 0.6) is 0 Å². The van der Waals surface area contributed by atoms with E-state index in [9.17, 15) is 33.6 Å². The number of allylic oxidation sites excluding steroid dienone is 2. The highest BCUT2D eigenvalue weighted by atomic mass is 16.2.